The first-order valence-corrected chi connectivity index (χ1v) is 7.11. The zero-order valence-electron chi connectivity index (χ0n) is 9.63. The Morgan fingerprint density at radius 1 is 1.47 bits per heavy atom. The average molecular weight is 256 g/mol. The SMILES string of the molecule is CCCC1CC1NS(=O)(=O)c1cnc(N)nc1. The van der Waals surface area contributed by atoms with Gasteiger partial charge in [-0.1, -0.05) is 13.3 Å². The molecule has 6 nitrogen and oxygen atoms in total. The Hall–Kier alpha value is -1.21. The van der Waals surface area contributed by atoms with Crippen LogP contribution in [0.15, 0.2) is 17.3 Å². The standard InChI is InChI=1S/C10H16N4O2S/c1-2-3-7-4-9(7)14-17(15,16)8-5-12-10(11)13-6-8/h5-7,9,14H,2-4H2,1H3,(H2,11,12,13). The third-order valence-corrected chi connectivity index (χ3v) is 4.29. The van der Waals surface area contributed by atoms with Crippen molar-refractivity contribution in [2.45, 2.75) is 37.1 Å². The molecule has 1 saturated carbocycles. The fraction of sp³-hybridized carbons (Fsp3) is 0.600. The Kier molecular flexibility index (Phi) is 3.30. The molecule has 7 heteroatoms. The highest BCUT2D eigenvalue weighted by Crippen LogP contribution is 2.35. The molecule has 1 fully saturated rings. The number of anilines is 1. The molecule has 2 unspecified atom stereocenters. The molecule has 94 valence electrons. The zero-order valence-corrected chi connectivity index (χ0v) is 10.4. The zero-order chi connectivity index (χ0) is 12.5. The highest BCUT2D eigenvalue weighted by Gasteiger charge is 2.39. The van der Waals surface area contributed by atoms with E-state index >= 15 is 0 Å². The minimum atomic E-state index is -3.50. The normalized spacial score (nSPS) is 23.6. The number of hydrogen-bond acceptors (Lipinski definition) is 5. The van der Waals surface area contributed by atoms with Crippen molar-refractivity contribution in [3.63, 3.8) is 0 Å². The van der Waals surface area contributed by atoms with Gasteiger partial charge in [0.15, 0.2) is 0 Å². The molecule has 3 N–H and O–H groups in total. The summed E-state index contributed by atoms with van der Waals surface area (Å²) in [4.78, 5) is 7.42. The van der Waals surface area contributed by atoms with Gasteiger partial charge in [0.25, 0.3) is 0 Å². The molecule has 0 aromatic carbocycles. The number of aromatic nitrogens is 2. The number of nitrogens with one attached hydrogen (secondary N) is 1. The lowest BCUT2D eigenvalue weighted by molar-refractivity contribution is 0.572. The molecule has 1 aliphatic rings. The molecule has 0 radical (unpaired) electrons. The number of nitrogens with two attached hydrogens (primary N) is 1. The molecule has 0 aliphatic heterocycles. The Labute approximate surface area is 101 Å². The quantitative estimate of drug-likeness (QED) is 0.800. The lowest BCUT2D eigenvalue weighted by Gasteiger charge is -2.05. The van der Waals surface area contributed by atoms with Crippen LogP contribution in [0.3, 0.4) is 0 Å². The van der Waals surface area contributed by atoms with Crippen molar-refractivity contribution in [3.05, 3.63) is 12.4 Å². The molecule has 0 saturated heterocycles. The summed E-state index contributed by atoms with van der Waals surface area (Å²) in [5.74, 6) is 0.545. The van der Waals surface area contributed by atoms with E-state index in [4.69, 9.17) is 5.73 Å². The molecule has 2 rings (SSSR count). The number of nitrogen functional groups attached to an aromatic ring is 1. The Balaban J connectivity index is 2.03. The number of hydrogen-bond donors (Lipinski definition) is 2. The third kappa shape index (κ3) is 2.92. The molecule has 1 heterocycles. The molecular formula is C10H16N4O2S. The smallest absolute Gasteiger partial charge is 0.243 e. The topological polar surface area (TPSA) is 98.0 Å². The summed E-state index contributed by atoms with van der Waals surface area (Å²) in [6, 6.07) is 0.0671. The highest BCUT2D eigenvalue weighted by atomic mass is 32.2. The Morgan fingerprint density at radius 3 is 2.71 bits per heavy atom. The monoisotopic (exact) mass is 256 g/mol. The molecule has 17 heavy (non-hydrogen) atoms. The van der Waals surface area contributed by atoms with Crippen LogP contribution in [0, 0.1) is 5.92 Å². The van der Waals surface area contributed by atoms with Crippen molar-refractivity contribution in [2.75, 3.05) is 5.73 Å². The van der Waals surface area contributed by atoms with Crippen LogP contribution in [0.5, 0.6) is 0 Å². The van der Waals surface area contributed by atoms with E-state index in [1.165, 1.54) is 12.4 Å². The van der Waals surface area contributed by atoms with Crippen LogP contribution >= 0.6 is 0 Å². The van der Waals surface area contributed by atoms with Gasteiger partial charge in [0.05, 0.1) is 12.4 Å². The van der Waals surface area contributed by atoms with Crippen LogP contribution in [0.4, 0.5) is 5.95 Å². The minimum absolute atomic E-state index is 0.0637. The summed E-state index contributed by atoms with van der Waals surface area (Å²) >= 11 is 0. The van der Waals surface area contributed by atoms with Gasteiger partial charge < -0.3 is 5.73 Å². The van der Waals surface area contributed by atoms with Gasteiger partial charge >= 0.3 is 0 Å². The Morgan fingerprint density at radius 2 is 2.12 bits per heavy atom. The maximum absolute atomic E-state index is 11.9. The van der Waals surface area contributed by atoms with E-state index in [-0.39, 0.29) is 16.9 Å². The van der Waals surface area contributed by atoms with Gasteiger partial charge in [0.2, 0.25) is 16.0 Å². The molecule has 2 atom stereocenters. The minimum Gasteiger partial charge on any atom is -0.368 e. The first-order chi connectivity index (χ1) is 8.03. The van der Waals surface area contributed by atoms with Crippen molar-refractivity contribution in [1.82, 2.24) is 14.7 Å². The van der Waals surface area contributed by atoms with Crippen molar-refractivity contribution >= 4 is 16.0 Å². The predicted octanol–water partition coefficient (Wildman–Crippen LogP) is 0.526. The van der Waals surface area contributed by atoms with Crippen LogP contribution in [-0.2, 0) is 10.0 Å². The lowest BCUT2D eigenvalue weighted by Crippen LogP contribution is -2.27. The summed E-state index contributed by atoms with van der Waals surface area (Å²) in [5, 5.41) is 0. The maximum Gasteiger partial charge on any atom is 0.243 e. The molecule has 0 spiro atoms. The van der Waals surface area contributed by atoms with E-state index in [0.717, 1.165) is 19.3 Å². The van der Waals surface area contributed by atoms with Gasteiger partial charge in [-0.05, 0) is 18.8 Å². The van der Waals surface area contributed by atoms with Crippen LogP contribution in [0.1, 0.15) is 26.2 Å². The van der Waals surface area contributed by atoms with Gasteiger partial charge in [-0.25, -0.2) is 23.1 Å². The van der Waals surface area contributed by atoms with Gasteiger partial charge in [-0.15, -0.1) is 0 Å². The van der Waals surface area contributed by atoms with E-state index in [1.807, 2.05) is 0 Å². The average Bonchev–Trinajstić information content (AvgIpc) is 2.96. The van der Waals surface area contributed by atoms with E-state index in [0.29, 0.717) is 5.92 Å². The summed E-state index contributed by atoms with van der Waals surface area (Å²) < 4.78 is 26.5. The van der Waals surface area contributed by atoms with Crippen LogP contribution in [-0.4, -0.2) is 24.4 Å². The van der Waals surface area contributed by atoms with Crippen molar-refractivity contribution < 1.29 is 8.42 Å². The van der Waals surface area contributed by atoms with Crippen molar-refractivity contribution in [3.8, 4) is 0 Å². The fourth-order valence-electron chi connectivity index (χ4n) is 1.81. The van der Waals surface area contributed by atoms with Crippen LogP contribution in [0.25, 0.3) is 0 Å². The van der Waals surface area contributed by atoms with Crippen LogP contribution < -0.4 is 10.5 Å². The van der Waals surface area contributed by atoms with Crippen molar-refractivity contribution in [2.24, 2.45) is 5.92 Å². The fourth-order valence-corrected chi connectivity index (χ4v) is 3.02. The Bertz CT molecular complexity index is 486. The van der Waals surface area contributed by atoms with Crippen LogP contribution in [0.2, 0.25) is 0 Å². The van der Waals surface area contributed by atoms with E-state index < -0.39 is 10.0 Å². The summed E-state index contributed by atoms with van der Waals surface area (Å²) in [7, 11) is -3.50. The number of nitrogens with zero attached hydrogens (tertiary/aromatic N) is 2. The molecule has 1 aliphatic carbocycles. The van der Waals surface area contributed by atoms with Crippen molar-refractivity contribution in [1.29, 1.82) is 0 Å². The molecule has 1 aromatic heterocycles. The maximum atomic E-state index is 11.9. The van der Waals surface area contributed by atoms with Gasteiger partial charge in [0, 0.05) is 6.04 Å². The lowest BCUT2D eigenvalue weighted by atomic mass is 10.2. The van der Waals surface area contributed by atoms with E-state index in [9.17, 15) is 8.42 Å². The van der Waals surface area contributed by atoms with Gasteiger partial charge in [-0.3, -0.25) is 0 Å². The summed E-state index contributed by atoms with van der Waals surface area (Å²) in [6.45, 7) is 2.09. The summed E-state index contributed by atoms with van der Waals surface area (Å²) in [6.07, 6.45) is 5.51. The van der Waals surface area contributed by atoms with E-state index in [1.54, 1.807) is 0 Å². The second-order valence-electron chi connectivity index (χ2n) is 4.29. The molecular weight excluding hydrogens is 240 g/mol. The largest absolute Gasteiger partial charge is 0.368 e. The summed E-state index contributed by atoms with van der Waals surface area (Å²) in [5.41, 5.74) is 5.31. The second-order valence-corrected chi connectivity index (χ2v) is 6.00. The number of sulfonamides is 1. The number of rotatable bonds is 5. The highest BCUT2D eigenvalue weighted by molar-refractivity contribution is 7.89. The first kappa shape index (κ1) is 12.3. The molecule has 1 aromatic rings. The predicted molar refractivity (Wildman–Crippen MR) is 63.6 cm³/mol. The van der Waals surface area contributed by atoms with E-state index in [2.05, 4.69) is 21.6 Å². The van der Waals surface area contributed by atoms with Gasteiger partial charge in [0.1, 0.15) is 4.90 Å². The molecule has 0 amide bonds. The third-order valence-electron chi connectivity index (χ3n) is 2.85. The molecule has 0 bridgehead atoms. The first-order valence-electron chi connectivity index (χ1n) is 5.63. The second kappa shape index (κ2) is 4.58. The van der Waals surface area contributed by atoms with Gasteiger partial charge in [-0.2, -0.15) is 0 Å².